The Morgan fingerprint density at radius 3 is 2.35 bits per heavy atom. The topological polar surface area (TPSA) is 32.5 Å². The van der Waals surface area contributed by atoms with E-state index in [4.69, 9.17) is 5.73 Å². The van der Waals surface area contributed by atoms with E-state index in [2.05, 4.69) is 55.1 Å². The van der Waals surface area contributed by atoms with Gasteiger partial charge in [0.15, 0.2) is 0 Å². The van der Waals surface area contributed by atoms with Crippen molar-refractivity contribution in [3.8, 4) is 0 Å². The van der Waals surface area contributed by atoms with Crippen LogP contribution in [0.25, 0.3) is 0 Å². The van der Waals surface area contributed by atoms with Gasteiger partial charge in [0.1, 0.15) is 0 Å². The van der Waals surface area contributed by atoms with E-state index < -0.39 is 0 Å². The highest BCUT2D eigenvalue weighted by atomic mass is 15.2. The summed E-state index contributed by atoms with van der Waals surface area (Å²) >= 11 is 0. The van der Waals surface area contributed by atoms with E-state index in [1.165, 1.54) is 31.5 Å². The van der Waals surface area contributed by atoms with Gasteiger partial charge in [-0.1, -0.05) is 37.3 Å². The molecule has 0 spiro atoms. The predicted molar refractivity (Wildman–Crippen MR) is 85.7 cm³/mol. The molecule has 20 heavy (non-hydrogen) atoms. The molecule has 0 aliphatic carbocycles. The highest BCUT2D eigenvalue weighted by molar-refractivity contribution is 5.19. The highest BCUT2D eigenvalue weighted by Gasteiger charge is 2.23. The van der Waals surface area contributed by atoms with Crippen LogP contribution in [-0.4, -0.2) is 49.6 Å². The Morgan fingerprint density at radius 2 is 1.80 bits per heavy atom. The van der Waals surface area contributed by atoms with Crippen molar-refractivity contribution in [2.75, 3.05) is 33.7 Å². The Morgan fingerprint density at radius 1 is 1.20 bits per heavy atom. The Labute approximate surface area is 123 Å². The molecule has 0 bridgehead atoms. The number of benzene rings is 1. The molecule has 1 heterocycles. The average Bonchev–Trinajstić information content (AvgIpc) is 2.48. The number of rotatable bonds is 5. The van der Waals surface area contributed by atoms with Crippen molar-refractivity contribution in [1.29, 1.82) is 0 Å². The molecule has 0 aromatic heterocycles. The Bertz CT molecular complexity index is 382. The van der Waals surface area contributed by atoms with E-state index in [1.807, 2.05) is 6.07 Å². The monoisotopic (exact) mass is 275 g/mol. The quantitative estimate of drug-likeness (QED) is 0.895. The largest absolute Gasteiger partial charge is 0.324 e. The summed E-state index contributed by atoms with van der Waals surface area (Å²) in [6.45, 7) is 5.79. The standard InChI is InChI=1S/C17H29N3/c1-14(17(18)15-7-5-4-6-8-15)13-20-11-9-16(10-12-20)19(2)3/h4-8,14,16-17H,9-13,18H2,1-3H3/t14-,17+/m0/s1. The first-order valence-corrected chi connectivity index (χ1v) is 7.77. The summed E-state index contributed by atoms with van der Waals surface area (Å²) in [7, 11) is 4.38. The number of hydrogen-bond donors (Lipinski definition) is 1. The van der Waals surface area contributed by atoms with Crippen LogP contribution in [0.3, 0.4) is 0 Å². The molecule has 112 valence electrons. The fraction of sp³-hybridized carbons (Fsp3) is 0.647. The summed E-state index contributed by atoms with van der Waals surface area (Å²) < 4.78 is 0. The third-order valence-electron chi connectivity index (χ3n) is 4.63. The van der Waals surface area contributed by atoms with Crippen LogP contribution in [0.4, 0.5) is 0 Å². The lowest BCUT2D eigenvalue weighted by Gasteiger charge is -2.37. The SMILES string of the molecule is C[C@@H](CN1CCC(N(C)C)CC1)[C@@H](N)c1ccccc1. The Balaban J connectivity index is 1.82. The smallest absolute Gasteiger partial charge is 0.0333 e. The number of nitrogens with two attached hydrogens (primary N) is 1. The normalized spacial score (nSPS) is 21.1. The van der Waals surface area contributed by atoms with Crippen LogP contribution >= 0.6 is 0 Å². The number of nitrogens with zero attached hydrogens (tertiary/aromatic N) is 2. The molecule has 2 atom stereocenters. The van der Waals surface area contributed by atoms with Gasteiger partial charge in [0.25, 0.3) is 0 Å². The first kappa shape index (κ1) is 15.5. The fourth-order valence-corrected chi connectivity index (χ4v) is 3.14. The van der Waals surface area contributed by atoms with Crippen LogP contribution in [-0.2, 0) is 0 Å². The van der Waals surface area contributed by atoms with Crippen LogP contribution < -0.4 is 5.73 Å². The third kappa shape index (κ3) is 4.05. The summed E-state index contributed by atoms with van der Waals surface area (Å²) in [6.07, 6.45) is 2.56. The van der Waals surface area contributed by atoms with Crippen LogP contribution in [0.2, 0.25) is 0 Å². The second kappa shape index (κ2) is 7.21. The minimum Gasteiger partial charge on any atom is -0.324 e. The van der Waals surface area contributed by atoms with Crippen molar-refractivity contribution < 1.29 is 0 Å². The molecule has 0 saturated carbocycles. The molecule has 1 aromatic rings. The highest BCUT2D eigenvalue weighted by Crippen LogP contribution is 2.22. The van der Waals surface area contributed by atoms with Gasteiger partial charge >= 0.3 is 0 Å². The minimum atomic E-state index is 0.141. The lowest BCUT2D eigenvalue weighted by Crippen LogP contribution is -2.44. The van der Waals surface area contributed by atoms with Crippen LogP contribution in [0.1, 0.15) is 31.4 Å². The van der Waals surface area contributed by atoms with Gasteiger partial charge in [-0.25, -0.2) is 0 Å². The molecular formula is C17H29N3. The van der Waals surface area contributed by atoms with Gasteiger partial charge in [-0.3, -0.25) is 0 Å². The summed E-state index contributed by atoms with van der Waals surface area (Å²) in [5, 5.41) is 0. The zero-order valence-electron chi connectivity index (χ0n) is 13.1. The van der Waals surface area contributed by atoms with Gasteiger partial charge in [-0.2, -0.15) is 0 Å². The maximum atomic E-state index is 6.40. The fourth-order valence-electron chi connectivity index (χ4n) is 3.14. The molecule has 0 unspecified atom stereocenters. The van der Waals surface area contributed by atoms with Crippen molar-refractivity contribution in [2.24, 2.45) is 11.7 Å². The molecule has 2 N–H and O–H groups in total. The molecule has 1 aliphatic heterocycles. The van der Waals surface area contributed by atoms with Crippen molar-refractivity contribution >= 4 is 0 Å². The van der Waals surface area contributed by atoms with Gasteiger partial charge in [0, 0.05) is 18.6 Å². The first-order valence-electron chi connectivity index (χ1n) is 7.77. The van der Waals surface area contributed by atoms with Crippen molar-refractivity contribution in [1.82, 2.24) is 9.80 Å². The molecule has 1 aromatic carbocycles. The van der Waals surface area contributed by atoms with Gasteiger partial charge < -0.3 is 15.5 Å². The second-order valence-electron chi connectivity index (χ2n) is 6.41. The van der Waals surface area contributed by atoms with Crippen LogP contribution in [0, 0.1) is 5.92 Å². The molecule has 3 heteroatoms. The van der Waals surface area contributed by atoms with E-state index in [-0.39, 0.29) is 6.04 Å². The maximum absolute atomic E-state index is 6.40. The lowest BCUT2D eigenvalue weighted by atomic mass is 9.94. The van der Waals surface area contributed by atoms with Gasteiger partial charge in [-0.05, 0) is 51.5 Å². The van der Waals surface area contributed by atoms with E-state index in [9.17, 15) is 0 Å². The van der Waals surface area contributed by atoms with Gasteiger partial charge in [0.05, 0.1) is 0 Å². The predicted octanol–water partition coefficient (Wildman–Crippen LogP) is 2.35. The lowest BCUT2D eigenvalue weighted by molar-refractivity contribution is 0.128. The minimum absolute atomic E-state index is 0.141. The summed E-state index contributed by atoms with van der Waals surface area (Å²) in [6, 6.07) is 11.4. The maximum Gasteiger partial charge on any atom is 0.0333 e. The van der Waals surface area contributed by atoms with Crippen molar-refractivity contribution in [3.05, 3.63) is 35.9 Å². The first-order chi connectivity index (χ1) is 9.58. The van der Waals surface area contributed by atoms with Crippen LogP contribution in [0.5, 0.6) is 0 Å². The summed E-state index contributed by atoms with van der Waals surface area (Å²) in [4.78, 5) is 4.93. The van der Waals surface area contributed by atoms with E-state index in [0.29, 0.717) is 5.92 Å². The van der Waals surface area contributed by atoms with E-state index in [0.717, 1.165) is 12.6 Å². The number of hydrogen-bond acceptors (Lipinski definition) is 3. The molecular weight excluding hydrogens is 246 g/mol. The van der Waals surface area contributed by atoms with E-state index in [1.54, 1.807) is 0 Å². The van der Waals surface area contributed by atoms with E-state index >= 15 is 0 Å². The van der Waals surface area contributed by atoms with Crippen LogP contribution in [0.15, 0.2) is 30.3 Å². The Hall–Kier alpha value is -0.900. The molecule has 2 rings (SSSR count). The molecule has 0 amide bonds. The Kier molecular flexibility index (Phi) is 5.58. The summed E-state index contributed by atoms with van der Waals surface area (Å²) in [5.41, 5.74) is 7.65. The van der Waals surface area contributed by atoms with Gasteiger partial charge in [0.2, 0.25) is 0 Å². The molecule has 1 aliphatic rings. The molecule has 3 nitrogen and oxygen atoms in total. The second-order valence-corrected chi connectivity index (χ2v) is 6.41. The number of likely N-dealkylation sites (tertiary alicyclic amines) is 1. The zero-order valence-corrected chi connectivity index (χ0v) is 13.1. The molecule has 1 fully saturated rings. The molecule has 1 saturated heterocycles. The van der Waals surface area contributed by atoms with Crippen molar-refractivity contribution in [3.63, 3.8) is 0 Å². The zero-order chi connectivity index (χ0) is 14.5. The summed E-state index contributed by atoms with van der Waals surface area (Å²) in [5.74, 6) is 0.494. The average molecular weight is 275 g/mol. The third-order valence-corrected chi connectivity index (χ3v) is 4.63. The number of piperidine rings is 1. The molecule has 0 radical (unpaired) electrons. The van der Waals surface area contributed by atoms with Gasteiger partial charge in [-0.15, -0.1) is 0 Å². The van der Waals surface area contributed by atoms with Crippen molar-refractivity contribution in [2.45, 2.75) is 31.8 Å².